The van der Waals surface area contributed by atoms with E-state index in [-0.39, 0.29) is 6.42 Å². The van der Waals surface area contributed by atoms with Crippen LogP contribution in [0.2, 0.25) is 0 Å². The first kappa shape index (κ1) is 29.7. The molecule has 15 heteroatoms. The van der Waals surface area contributed by atoms with E-state index in [4.69, 9.17) is 28.0 Å². The van der Waals surface area contributed by atoms with Gasteiger partial charge in [-0.3, -0.25) is 24.0 Å². The van der Waals surface area contributed by atoms with Crippen LogP contribution in [0.4, 0.5) is 0 Å². The number of aliphatic hydroxyl groups excluding tert-OH is 1. The third kappa shape index (κ3) is 11.8. The van der Waals surface area contributed by atoms with E-state index in [1.165, 1.54) is 6.92 Å². The molecule has 0 spiro atoms. The van der Waals surface area contributed by atoms with Crippen molar-refractivity contribution in [3.8, 4) is 0 Å². The number of carbonyl (C=O) groups is 6. The minimum absolute atomic E-state index is 0.278. The van der Waals surface area contributed by atoms with Crippen LogP contribution >= 0.6 is 0 Å². The van der Waals surface area contributed by atoms with Crippen LogP contribution in [0.5, 0.6) is 0 Å². The molecule has 0 heterocycles. The largest absolute Gasteiger partial charge is 0.480 e. The Bertz CT molecular complexity index is 731. The monoisotopic (exact) mass is 475 g/mol. The highest BCUT2D eigenvalue weighted by atomic mass is 16.4. The summed E-state index contributed by atoms with van der Waals surface area (Å²) < 4.78 is 0. The molecule has 5 atom stereocenters. The van der Waals surface area contributed by atoms with E-state index in [1.807, 2.05) is 5.32 Å². The molecular formula is C18H33N7O8. The highest BCUT2D eigenvalue weighted by Crippen LogP contribution is 2.03. The molecule has 0 aromatic carbocycles. The number of aliphatic carboxylic acids is 1. The second-order valence-corrected chi connectivity index (χ2v) is 7.42. The molecule has 5 amide bonds. The fraction of sp³-hybridized carbons (Fsp3) is 0.667. The molecule has 0 saturated heterocycles. The fourth-order valence-electron chi connectivity index (χ4n) is 2.65. The molecular weight excluding hydrogens is 442 g/mol. The molecule has 33 heavy (non-hydrogen) atoms. The Morgan fingerprint density at radius 1 is 0.818 bits per heavy atom. The number of nitrogens with one attached hydrogen (secondary N) is 3. The number of nitrogens with two attached hydrogens (primary N) is 4. The third-order valence-corrected chi connectivity index (χ3v) is 4.43. The van der Waals surface area contributed by atoms with Gasteiger partial charge in [-0.25, -0.2) is 4.79 Å². The Hall–Kier alpha value is -3.30. The zero-order valence-corrected chi connectivity index (χ0v) is 18.3. The molecule has 0 saturated carbocycles. The van der Waals surface area contributed by atoms with Crippen LogP contribution in [0, 0.1) is 0 Å². The number of hydrogen-bond acceptors (Lipinski definition) is 9. The summed E-state index contributed by atoms with van der Waals surface area (Å²) in [5, 5.41) is 25.4. The molecule has 15 nitrogen and oxygen atoms in total. The van der Waals surface area contributed by atoms with Crippen molar-refractivity contribution in [3.63, 3.8) is 0 Å². The van der Waals surface area contributed by atoms with Gasteiger partial charge < -0.3 is 49.1 Å². The lowest BCUT2D eigenvalue weighted by atomic mass is 10.1. The van der Waals surface area contributed by atoms with Gasteiger partial charge >= 0.3 is 5.97 Å². The van der Waals surface area contributed by atoms with Gasteiger partial charge in [0.05, 0.1) is 25.0 Å². The van der Waals surface area contributed by atoms with E-state index in [0.29, 0.717) is 19.4 Å². The van der Waals surface area contributed by atoms with Crippen LogP contribution in [-0.4, -0.2) is 82.5 Å². The average molecular weight is 476 g/mol. The maximum Gasteiger partial charge on any atom is 0.326 e. The molecule has 0 bridgehead atoms. The summed E-state index contributed by atoms with van der Waals surface area (Å²) in [6.07, 6.45) is -1.43. The van der Waals surface area contributed by atoms with Crippen molar-refractivity contribution in [1.29, 1.82) is 0 Å². The quantitative estimate of drug-likeness (QED) is 0.0958. The molecule has 0 aromatic heterocycles. The molecule has 5 unspecified atom stereocenters. The molecule has 0 radical (unpaired) electrons. The first-order chi connectivity index (χ1) is 15.3. The number of amides is 5. The highest BCUT2D eigenvalue weighted by molar-refractivity contribution is 5.96. The minimum Gasteiger partial charge on any atom is -0.480 e. The first-order valence-corrected chi connectivity index (χ1v) is 10.1. The van der Waals surface area contributed by atoms with E-state index in [0.717, 1.165) is 0 Å². The standard InChI is InChI=1S/C18H33N7O8/c1-8(26)14(25-15(29)9(20)4-2-3-5-19)17(31)23-10(6-12(21)27)16(30)24-11(18(32)33)7-13(22)28/h8-11,14,26H,2-7,19-20H2,1H3,(H2,21,27)(H2,22,28)(H,23,31)(H,24,30)(H,25,29)(H,32,33). The lowest BCUT2D eigenvalue weighted by Gasteiger charge is -2.26. The summed E-state index contributed by atoms with van der Waals surface area (Å²) in [6.45, 7) is 1.61. The smallest absolute Gasteiger partial charge is 0.326 e. The molecule has 188 valence electrons. The zero-order valence-electron chi connectivity index (χ0n) is 18.3. The number of rotatable bonds is 16. The van der Waals surface area contributed by atoms with Gasteiger partial charge in [-0.1, -0.05) is 6.42 Å². The maximum absolute atomic E-state index is 12.6. The summed E-state index contributed by atoms with van der Waals surface area (Å²) in [4.78, 5) is 70.9. The van der Waals surface area contributed by atoms with E-state index < -0.39 is 78.6 Å². The molecule has 0 rings (SSSR count). The van der Waals surface area contributed by atoms with Crippen molar-refractivity contribution in [1.82, 2.24) is 16.0 Å². The van der Waals surface area contributed by atoms with Crippen LogP contribution in [-0.2, 0) is 28.8 Å². The summed E-state index contributed by atoms with van der Waals surface area (Å²) in [5.41, 5.74) is 21.2. The fourth-order valence-corrected chi connectivity index (χ4v) is 2.65. The normalized spacial score (nSPS) is 15.3. The number of carboxylic acid groups (broad SMARTS) is 1. The molecule has 0 aromatic rings. The third-order valence-electron chi connectivity index (χ3n) is 4.43. The van der Waals surface area contributed by atoms with E-state index in [1.54, 1.807) is 0 Å². The van der Waals surface area contributed by atoms with Gasteiger partial charge in [0.25, 0.3) is 0 Å². The lowest BCUT2D eigenvalue weighted by Crippen LogP contribution is -2.60. The summed E-state index contributed by atoms with van der Waals surface area (Å²) >= 11 is 0. The number of primary amides is 2. The molecule has 0 fully saturated rings. The van der Waals surface area contributed by atoms with Crippen LogP contribution in [0.1, 0.15) is 39.0 Å². The van der Waals surface area contributed by atoms with Gasteiger partial charge in [0.1, 0.15) is 18.1 Å². The van der Waals surface area contributed by atoms with E-state index in [9.17, 15) is 33.9 Å². The zero-order chi connectivity index (χ0) is 25.7. The number of carbonyl (C=O) groups excluding carboxylic acids is 5. The Labute approximate surface area is 190 Å². The van der Waals surface area contributed by atoms with Crippen LogP contribution in [0.25, 0.3) is 0 Å². The van der Waals surface area contributed by atoms with Crippen molar-refractivity contribution < 1.29 is 39.0 Å². The predicted molar refractivity (Wildman–Crippen MR) is 114 cm³/mol. The highest BCUT2D eigenvalue weighted by Gasteiger charge is 2.33. The Morgan fingerprint density at radius 2 is 1.33 bits per heavy atom. The van der Waals surface area contributed by atoms with Crippen molar-refractivity contribution in [3.05, 3.63) is 0 Å². The van der Waals surface area contributed by atoms with E-state index in [2.05, 4.69) is 10.6 Å². The molecule has 13 N–H and O–H groups in total. The Kier molecular flexibility index (Phi) is 13.2. The van der Waals surface area contributed by atoms with E-state index >= 15 is 0 Å². The number of unbranched alkanes of at least 4 members (excludes halogenated alkanes) is 1. The van der Waals surface area contributed by atoms with Crippen molar-refractivity contribution in [2.24, 2.45) is 22.9 Å². The summed E-state index contributed by atoms with van der Waals surface area (Å²) in [6, 6.07) is -5.93. The van der Waals surface area contributed by atoms with Gasteiger partial charge in [0.2, 0.25) is 29.5 Å². The predicted octanol–water partition coefficient (Wildman–Crippen LogP) is -4.89. The van der Waals surface area contributed by atoms with Crippen molar-refractivity contribution in [2.45, 2.75) is 69.3 Å². The SMILES string of the molecule is CC(O)C(NC(=O)C(N)CCCCN)C(=O)NC(CC(N)=O)C(=O)NC(CC(N)=O)C(=O)O. The van der Waals surface area contributed by atoms with Crippen molar-refractivity contribution in [2.75, 3.05) is 6.54 Å². The molecule has 0 aliphatic heterocycles. The number of aliphatic hydroxyl groups is 1. The summed E-state index contributed by atoms with van der Waals surface area (Å²) in [5.74, 6) is -6.56. The van der Waals surface area contributed by atoms with Gasteiger partial charge in [-0.05, 0) is 26.3 Å². The Morgan fingerprint density at radius 3 is 1.79 bits per heavy atom. The van der Waals surface area contributed by atoms with Crippen LogP contribution < -0.4 is 38.9 Å². The summed E-state index contributed by atoms with van der Waals surface area (Å²) in [7, 11) is 0. The second-order valence-electron chi connectivity index (χ2n) is 7.42. The van der Waals surface area contributed by atoms with Gasteiger partial charge in [-0.15, -0.1) is 0 Å². The van der Waals surface area contributed by atoms with Gasteiger partial charge in [-0.2, -0.15) is 0 Å². The second kappa shape index (κ2) is 14.7. The molecule has 0 aliphatic carbocycles. The lowest BCUT2D eigenvalue weighted by molar-refractivity contribution is -0.144. The van der Waals surface area contributed by atoms with Crippen LogP contribution in [0.3, 0.4) is 0 Å². The van der Waals surface area contributed by atoms with Crippen LogP contribution in [0.15, 0.2) is 0 Å². The van der Waals surface area contributed by atoms with Crippen molar-refractivity contribution >= 4 is 35.5 Å². The van der Waals surface area contributed by atoms with Gasteiger partial charge in [0, 0.05) is 0 Å². The number of hydrogen-bond donors (Lipinski definition) is 9. The van der Waals surface area contributed by atoms with Gasteiger partial charge in [0.15, 0.2) is 0 Å². The number of carboxylic acids is 1. The maximum atomic E-state index is 12.6. The minimum atomic E-state index is -1.72. The topological polar surface area (TPSA) is 283 Å². The molecule has 0 aliphatic rings. The first-order valence-electron chi connectivity index (χ1n) is 10.1. The Balaban J connectivity index is 5.38. The average Bonchev–Trinajstić information content (AvgIpc) is 2.69.